The van der Waals surface area contributed by atoms with Crippen LogP contribution < -0.4 is 5.32 Å². The Bertz CT molecular complexity index is 659. The van der Waals surface area contributed by atoms with Crippen molar-refractivity contribution in [1.29, 1.82) is 0 Å². The summed E-state index contributed by atoms with van der Waals surface area (Å²) in [6.45, 7) is -0.335. The van der Waals surface area contributed by atoms with E-state index in [9.17, 15) is 18.8 Å². The predicted octanol–water partition coefficient (Wildman–Crippen LogP) is 2.38. The maximum absolute atomic E-state index is 13.5. The zero-order valence-corrected chi connectivity index (χ0v) is 14.0. The lowest BCUT2D eigenvalue weighted by atomic mass is 9.67. The molecule has 134 valence electrons. The summed E-state index contributed by atoms with van der Waals surface area (Å²) in [5.74, 6) is -1.34. The van der Waals surface area contributed by atoms with Gasteiger partial charge in [-0.1, -0.05) is 24.6 Å². The SMILES string of the molecule is O=C(COC(=O)C1CC2CCCC(C1)C2=O)NCc1ccccc1F. The summed E-state index contributed by atoms with van der Waals surface area (Å²) in [5.41, 5.74) is 0.376. The van der Waals surface area contributed by atoms with Crippen LogP contribution in [0.25, 0.3) is 0 Å². The first-order valence-electron chi connectivity index (χ1n) is 8.75. The highest BCUT2D eigenvalue weighted by Crippen LogP contribution is 2.40. The van der Waals surface area contributed by atoms with Crippen molar-refractivity contribution >= 4 is 17.7 Å². The average molecular weight is 347 g/mol. The molecule has 2 fully saturated rings. The van der Waals surface area contributed by atoms with Crippen LogP contribution in [-0.4, -0.2) is 24.3 Å². The first kappa shape index (κ1) is 17.6. The number of esters is 1. The number of halogens is 1. The van der Waals surface area contributed by atoms with Gasteiger partial charge in [0.2, 0.25) is 0 Å². The zero-order chi connectivity index (χ0) is 17.8. The average Bonchev–Trinajstić information content (AvgIpc) is 2.58. The molecule has 2 aliphatic carbocycles. The third-order valence-electron chi connectivity index (χ3n) is 5.16. The van der Waals surface area contributed by atoms with Crippen LogP contribution in [0, 0.1) is 23.6 Å². The molecule has 2 aliphatic rings. The van der Waals surface area contributed by atoms with Crippen LogP contribution in [0.15, 0.2) is 24.3 Å². The molecule has 2 atom stereocenters. The molecule has 0 aromatic heterocycles. The Morgan fingerprint density at radius 1 is 1.16 bits per heavy atom. The Hall–Kier alpha value is -2.24. The highest BCUT2D eigenvalue weighted by molar-refractivity contribution is 5.87. The highest BCUT2D eigenvalue weighted by atomic mass is 19.1. The van der Waals surface area contributed by atoms with Crippen molar-refractivity contribution in [3.8, 4) is 0 Å². The van der Waals surface area contributed by atoms with Crippen LogP contribution in [-0.2, 0) is 25.7 Å². The van der Waals surface area contributed by atoms with Gasteiger partial charge in [0, 0.05) is 23.9 Å². The Balaban J connectivity index is 1.43. The van der Waals surface area contributed by atoms with Crippen LogP contribution in [0.4, 0.5) is 4.39 Å². The van der Waals surface area contributed by atoms with E-state index in [-0.39, 0.29) is 36.7 Å². The van der Waals surface area contributed by atoms with Crippen LogP contribution in [0.5, 0.6) is 0 Å². The van der Waals surface area contributed by atoms with E-state index in [1.165, 1.54) is 6.07 Å². The third kappa shape index (κ3) is 4.24. The van der Waals surface area contributed by atoms with Gasteiger partial charge in [-0.3, -0.25) is 14.4 Å². The van der Waals surface area contributed by atoms with Crippen LogP contribution >= 0.6 is 0 Å². The van der Waals surface area contributed by atoms with E-state index in [1.807, 2.05) is 0 Å². The third-order valence-corrected chi connectivity index (χ3v) is 5.16. The summed E-state index contributed by atoms with van der Waals surface area (Å²) in [5, 5.41) is 2.53. The largest absolute Gasteiger partial charge is 0.455 e. The summed E-state index contributed by atoms with van der Waals surface area (Å²) in [7, 11) is 0. The Labute approximate surface area is 145 Å². The lowest BCUT2D eigenvalue weighted by molar-refractivity contribution is -0.156. The van der Waals surface area contributed by atoms with Crippen molar-refractivity contribution in [2.45, 2.75) is 38.6 Å². The minimum atomic E-state index is -0.469. The van der Waals surface area contributed by atoms with Gasteiger partial charge in [0.1, 0.15) is 11.6 Å². The Kier molecular flexibility index (Phi) is 5.46. The minimum absolute atomic E-state index is 0.0278. The molecule has 1 N–H and O–H groups in total. The number of carbonyl (C=O) groups is 3. The van der Waals surface area contributed by atoms with Gasteiger partial charge in [0.15, 0.2) is 6.61 Å². The standard InChI is InChI=1S/C19H22FNO4/c20-16-7-2-1-4-14(16)10-21-17(22)11-25-19(24)15-8-12-5-3-6-13(9-15)18(12)23/h1-2,4,7,12-13,15H,3,5-6,8-11H2,(H,21,22). The normalized spacial score (nSPS) is 25.3. The van der Waals surface area contributed by atoms with Crippen LogP contribution in [0.1, 0.15) is 37.7 Å². The number of ether oxygens (including phenoxy) is 1. The fourth-order valence-corrected chi connectivity index (χ4v) is 3.81. The molecule has 1 amide bonds. The first-order chi connectivity index (χ1) is 12.0. The van der Waals surface area contributed by atoms with E-state index in [0.29, 0.717) is 18.4 Å². The minimum Gasteiger partial charge on any atom is -0.455 e. The molecule has 0 radical (unpaired) electrons. The topological polar surface area (TPSA) is 72.5 Å². The van der Waals surface area contributed by atoms with Gasteiger partial charge in [-0.05, 0) is 31.7 Å². The summed E-state index contributed by atoms with van der Waals surface area (Å²) < 4.78 is 18.6. The lowest BCUT2D eigenvalue weighted by Gasteiger charge is -2.36. The van der Waals surface area contributed by atoms with Gasteiger partial charge in [-0.15, -0.1) is 0 Å². The van der Waals surface area contributed by atoms with Gasteiger partial charge >= 0.3 is 5.97 Å². The van der Waals surface area contributed by atoms with Crippen LogP contribution in [0.3, 0.4) is 0 Å². The summed E-state index contributed by atoms with van der Waals surface area (Å²) in [6, 6.07) is 6.17. The smallest absolute Gasteiger partial charge is 0.309 e. The van der Waals surface area contributed by atoms with Crippen molar-refractivity contribution in [3.63, 3.8) is 0 Å². The Morgan fingerprint density at radius 3 is 2.52 bits per heavy atom. The van der Waals surface area contributed by atoms with Crippen molar-refractivity contribution in [2.24, 2.45) is 17.8 Å². The lowest BCUT2D eigenvalue weighted by Crippen LogP contribution is -2.40. The van der Waals surface area contributed by atoms with Crippen LogP contribution in [0.2, 0.25) is 0 Å². The Morgan fingerprint density at radius 2 is 1.84 bits per heavy atom. The number of nitrogens with one attached hydrogen (secondary N) is 1. The first-order valence-corrected chi connectivity index (χ1v) is 8.75. The molecule has 1 aromatic carbocycles. The monoisotopic (exact) mass is 347 g/mol. The number of hydrogen-bond donors (Lipinski definition) is 1. The molecule has 2 unspecified atom stereocenters. The van der Waals surface area contributed by atoms with E-state index in [2.05, 4.69) is 5.32 Å². The number of amides is 1. The van der Waals surface area contributed by atoms with Crippen molar-refractivity contribution in [2.75, 3.05) is 6.61 Å². The number of ketones is 1. The van der Waals surface area contributed by atoms with Gasteiger partial charge in [0.05, 0.1) is 5.92 Å². The van der Waals surface area contributed by atoms with E-state index in [4.69, 9.17) is 4.74 Å². The summed E-state index contributed by atoms with van der Waals surface area (Å²) in [4.78, 5) is 36.0. The number of benzene rings is 1. The molecule has 0 spiro atoms. The number of hydrogen-bond acceptors (Lipinski definition) is 4. The number of carbonyl (C=O) groups excluding carboxylic acids is 3. The van der Waals surface area contributed by atoms with E-state index in [0.717, 1.165) is 19.3 Å². The molecule has 0 saturated heterocycles. The number of rotatable bonds is 5. The second kappa shape index (κ2) is 7.76. The molecule has 2 saturated carbocycles. The predicted molar refractivity (Wildman–Crippen MR) is 87.8 cm³/mol. The summed E-state index contributed by atoms with van der Waals surface area (Å²) >= 11 is 0. The van der Waals surface area contributed by atoms with E-state index < -0.39 is 17.7 Å². The molecule has 25 heavy (non-hydrogen) atoms. The molecule has 0 heterocycles. The second-order valence-electron chi connectivity index (χ2n) is 6.87. The molecular formula is C19H22FNO4. The highest BCUT2D eigenvalue weighted by Gasteiger charge is 2.41. The summed E-state index contributed by atoms with van der Waals surface area (Å²) in [6.07, 6.45) is 3.81. The molecule has 6 heteroatoms. The van der Waals surface area contributed by atoms with Gasteiger partial charge < -0.3 is 10.1 Å². The zero-order valence-electron chi connectivity index (χ0n) is 14.0. The maximum Gasteiger partial charge on any atom is 0.309 e. The fourth-order valence-electron chi connectivity index (χ4n) is 3.81. The molecular weight excluding hydrogens is 325 g/mol. The molecule has 0 aliphatic heterocycles. The van der Waals surface area contributed by atoms with E-state index in [1.54, 1.807) is 18.2 Å². The maximum atomic E-state index is 13.5. The number of fused-ring (bicyclic) bond motifs is 2. The molecule has 3 rings (SSSR count). The second-order valence-corrected chi connectivity index (χ2v) is 6.87. The van der Waals surface area contributed by atoms with Gasteiger partial charge in [-0.2, -0.15) is 0 Å². The van der Waals surface area contributed by atoms with Gasteiger partial charge in [-0.25, -0.2) is 4.39 Å². The van der Waals surface area contributed by atoms with E-state index >= 15 is 0 Å². The van der Waals surface area contributed by atoms with Crippen molar-refractivity contribution in [1.82, 2.24) is 5.32 Å². The number of Topliss-reactive ketones (excluding diaryl/α,β-unsaturated/α-hetero) is 1. The molecule has 5 nitrogen and oxygen atoms in total. The molecule has 2 bridgehead atoms. The fraction of sp³-hybridized carbons (Fsp3) is 0.526. The van der Waals surface area contributed by atoms with Crippen molar-refractivity contribution in [3.05, 3.63) is 35.6 Å². The van der Waals surface area contributed by atoms with Gasteiger partial charge in [0.25, 0.3) is 5.91 Å². The molecule has 1 aromatic rings. The quantitative estimate of drug-likeness (QED) is 0.830. The van der Waals surface area contributed by atoms with Crippen molar-refractivity contribution < 1.29 is 23.5 Å².